The van der Waals surface area contributed by atoms with Gasteiger partial charge >= 0.3 is 0 Å². The molecule has 2 aliphatic heterocycles. The van der Waals surface area contributed by atoms with Crippen molar-refractivity contribution in [3.05, 3.63) is 6.61 Å². The van der Waals surface area contributed by atoms with Crippen LogP contribution in [0.4, 0.5) is 0 Å². The predicted molar refractivity (Wildman–Crippen MR) is 100 cm³/mol. The van der Waals surface area contributed by atoms with E-state index in [9.17, 15) is 9.46 Å². The Morgan fingerprint density at radius 1 is 1.17 bits per heavy atom. The van der Waals surface area contributed by atoms with Gasteiger partial charge < -0.3 is 38.6 Å². The van der Waals surface area contributed by atoms with Gasteiger partial charge in [0.2, 0.25) is 7.82 Å². The van der Waals surface area contributed by atoms with Crippen LogP contribution in [0.5, 0.6) is 0 Å². The van der Waals surface area contributed by atoms with Gasteiger partial charge in [-0.2, -0.15) is 6.61 Å². The Morgan fingerprint density at radius 2 is 1.80 bits per heavy atom. The molecule has 12 heteroatoms. The minimum Gasteiger partial charge on any atom is -0.758 e. The van der Waals surface area contributed by atoms with Gasteiger partial charge in [0.1, 0.15) is 12.2 Å². The molecule has 30 heavy (non-hydrogen) atoms. The van der Waals surface area contributed by atoms with Crippen molar-refractivity contribution in [2.45, 2.75) is 103 Å². The van der Waals surface area contributed by atoms with Crippen LogP contribution in [-0.2, 0) is 74.7 Å². The van der Waals surface area contributed by atoms with Crippen molar-refractivity contribution in [3.63, 3.8) is 0 Å². The topological polar surface area (TPSA) is 122 Å². The van der Waals surface area contributed by atoms with E-state index >= 15 is 0 Å². The van der Waals surface area contributed by atoms with Crippen LogP contribution >= 0.6 is 7.82 Å². The first-order valence-corrected chi connectivity index (χ1v) is 11.3. The largest absolute Gasteiger partial charge is 0.758 e. The van der Waals surface area contributed by atoms with Crippen LogP contribution < -0.4 is 10.6 Å². The molecule has 0 amide bonds. The number of ether oxygens (including phenoxy) is 4. The molecule has 178 valence electrons. The standard InChI is InChI=1S/C18H35NO8P.2W/c1-10(2)22-8-16-18(17(19)13(6)26-16)27-28(20,21)23-9-15-14(24-11(3)4)7-12(5)25-15;;/h9-18H,7-8,19H2,1-6H3,(H,20,21);;/q-1;;/p-1/t12-,13-,14?,15+,16+,17?,18-;;/m0../s1. The Labute approximate surface area is 208 Å². The Bertz CT molecular complexity index is 544. The summed E-state index contributed by atoms with van der Waals surface area (Å²) in [4.78, 5) is 12.4. The van der Waals surface area contributed by atoms with E-state index in [-0.39, 0.29) is 79.3 Å². The van der Waals surface area contributed by atoms with Gasteiger partial charge in [0.05, 0.1) is 43.2 Å². The van der Waals surface area contributed by atoms with Gasteiger partial charge in [-0.25, -0.2) is 0 Å². The molecule has 0 aliphatic carbocycles. The third-order valence-corrected chi connectivity index (χ3v) is 5.49. The maximum atomic E-state index is 12.4. The van der Waals surface area contributed by atoms with Crippen molar-refractivity contribution in [2.24, 2.45) is 5.73 Å². The average Bonchev–Trinajstić information content (AvgIpc) is 3.04. The van der Waals surface area contributed by atoms with Crippen LogP contribution in [0.3, 0.4) is 0 Å². The maximum absolute atomic E-state index is 12.4. The fraction of sp³-hybridized carbons (Fsp3) is 0.944. The monoisotopic (exact) mass is 791 g/mol. The SMILES string of the molecule is CC(C)OC[C@H]1O[C@@H](C)C(N)[C@H]1OP(=O)([O-])O[CH-][C@H]1O[C@@H](C)CC1OC(C)C.[W].[W]. The predicted octanol–water partition coefficient (Wildman–Crippen LogP) is 1.52. The zero-order chi connectivity index (χ0) is 21.1. The van der Waals surface area contributed by atoms with E-state index in [1.165, 1.54) is 0 Å². The van der Waals surface area contributed by atoms with Gasteiger partial charge in [0.15, 0.2) is 0 Å². The molecule has 2 saturated heterocycles. The van der Waals surface area contributed by atoms with Gasteiger partial charge in [-0.1, -0.05) is 0 Å². The summed E-state index contributed by atoms with van der Waals surface area (Å²) in [7, 11) is -4.68. The molecule has 2 fully saturated rings. The zero-order valence-corrected chi connectivity index (χ0v) is 25.1. The molecule has 0 bridgehead atoms. The zero-order valence-electron chi connectivity index (χ0n) is 18.3. The van der Waals surface area contributed by atoms with Crippen molar-refractivity contribution < 1.29 is 79.6 Å². The van der Waals surface area contributed by atoms with Crippen molar-refractivity contribution in [3.8, 4) is 0 Å². The van der Waals surface area contributed by atoms with Crippen LogP contribution in [0.15, 0.2) is 0 Å². The van der Waals surface area contributed by atoms with Crippen LogP contribution in [-0.4, -0.2) is 61.5 Å². The summed E-state index contributed by atoms with van der Waals surface area (Å²) in [6, 6.07) is -0.619. The summed E-state index contributed by atoms with van der Waals surface area (Å²) in [5, 5.41) is 0. The second kappa shape index (κ2) is 13.9. The van der Waals surface area contributed by atoms with Crippen molar-refractivity contribution in [1.82, 2.24) is 0 Å². The Morgan fingerprint density at radius 3 is 2.37 bits per heavy atom. The van der Waals surface area contributed by atoms with E-state index in [2.05, 4.69) is 0 Å². The quantitative estimate of drug-likeness (QED) is 0.260. The molecule has 3 unspecified atom stereocenters. The molecule has 2 N–H and O–H groups in total. The summed E-state index contributed by atoms with van der Waals surface area (Å²) in [5.74, 6) is 0. The number of rotatable bonds is 10. The number of hydrogen-bond acceptors (Lipinski definition) is 9. The molecule has 0 aromatic carbocycles. The van der Waals surface area contributed by atoms with Gasteiger partial charge in [0.25, 0.3) is 0 Å². The smallest absolute Gasteiger partial charge is 0.237 e. The third-order valence-electron chi connectivity index (χ3n) is 4.61. The summed E-state index contributed by atoms with van der Waals surface area (Å²) in [5.41, 5.74) is 6.06. The fourth-order valence-electron chi connectivity index (χ4n) is 3.30. The van der Waals surface area contributed by atoms with E-state index < -0.39 is 32.2 Å². The summed E-state index contributed by atoms with van der Waals surface area (Å²) < 4.78 is 45.3. The number of hydrogen-bond donors (Lipinski definition) is 1. The molecule has 0 spiro atoms. The Hall–Kier alpha value is 1.29. The Balaban J connectivity index is 0.00000420. The first-order valence-electron chi connectivity index (χ1n) is 9.83. The van der Waals surface area contributed by atoms with Gasteiger partial charge in [-0.3, -0.25) is 4.57 Å². The minimum absolute atomic E-state index is 0. The van der Waals surface area contributed by atoms with E-state index in [1.54, 1.807) is 6.92 Å². The number of nitrogens with two attached hydrogens (primary N) is 1. The summed E-state index contributed by atoms with van der Waals surface area (Å²) >= 11 is 0. The molecule has 9 nitrogen and oxygen atoms in total. The second-order valence-electron chi connectivity index (χ2n) is 7.97. The van der Waals surface area contributed by atoms with Crippen molar-refractivity contribution in [1.29, 1.82) is 0 Å². The van der Waals surface area contributed by atoms with Gasteiger partial charge in [-0.15, -0.1) is 0 Å². The molecule has 2 rings (SSSR count). The first kappa shape index (κ1) is 31.3. The maximum Gasteiger partial charge on any atom is 0.237 e. The van der Waals surface area contributed by atoms with Gasteiger partial charge in [0, 0.05) is 42.1 Å². The van der Waals surface area contributed by atoms with Gasteiger partial charge in [-0.05, 0) is 54.1 Å². The number of phosphoric acid groups is 1. The van der Waals surface area contributed by atoms with Crippen LogP contribution in [0.1, 0.15) is 48.0 Å². The van der Waals surface area contributed by atoms with Crippen LogP contribution in [0, 0.1) is 6.61 Å². The summed E-state index contributed by atoms with van der Waals surface area (Å²) in [6.45, 7) is 12.5. The molecule has 0 radical (unpaired) electrons. The Kier molecular flexibility index (Phi) is 14.5. The molecule has 8 atom stereocenters. The molecule has 0 aromatic rings. The third kappa shape index (κ3) is 9.65. The number of phosphoric ester groups is 1. The summed E-state index contributed by atoms with van der Waals surface area (Å²) in [6.07, 6.45) is -2.18. The van der Waals surface area contributed by atoms with E-state index in [4.69, 9.17) is 33.7 Å². The molecule has 0 saturated carbocycles. The first-order chi connectivity index (χ1) is 13.0. The van der Waals surface area contributed by atoms with E-state index in [0.29, 0.717) is 6.42 Å². The average molecular weight is 791 g/mol. The molecule has 0 aromatic heterocycles. The van der Waals surface area contributed by atoms with Crippen LogP contribution in [0.2, 0.25) is 0 Å². The molecular weight excluding hydrogens is 757 g/mol. The second-order valence-corrected chi connectivity index (χ2v) is 9.28. The normalized spacial score (nSPS) is 35.9. The molecular formula is C18H34NO8PW2-2. The van der Waals surface area contributed by atoms with E-state index in [0.717, 1.165) is 6.61 Å². The molecule has 2 heterocycles. The van der Waals surface area contributed by atoms with Crippen molar-refractivity contribution in [2.75, 3.05) is 6.61 Å². The van der Waals surface area contributed by atoms with Crippen LogP contribution in [0.25, 0.3) is 0 Å². The van der Waals surface area contributed by atoms with Crippen molar-refractivity contribution >= 4 is 7.82 Å². The fourth-order valence-corrected chi connectivity index (χ4v) is 4.19. The molecule has 2 aliphatic rings. The van der Waals surface area contributed by atoms with E-state index in [1.807, 2.05) is 34.6 Å². The minimum atomic E-state index is -4.68.